The van der Waals surface area contributed by atoms with Gasteiger partial charge in [0.15, 0.2) is 0 Å². The largest absolute Gasteiger partial charge is 0.318 e. The molecule has 0 fully saturated rings. The average Bonchev–Trinajstić information content (AvgIpc) is 3.20. The third-order valence-electron chi connectivity index (χ3n) is 5.11. The minimum atomic E-state index is -0.0470. The number of pyridine rings is 1. The highest BCUT2D eigenvalue weighted by atomic mass is 16.1. The Morgan fingerprint density at radius 3 is 2.41 bits per heavy atom. The summed E-state index contributed by atoms with van der Waals surface area (Å²) < 4.78 is 3.42. The fraction of sp³-hybridized carbons (Fsp3) is 0.120. The van der Waals surface area contributed by atoms with E-state index >= 15 is 0 Å². The van der Waals surface area contributed by atoms with Crippen LogP contribution in [0.3, 0.4) is 0 Å². The maximum Gasteiger partial charge on any atom is 0.250 e. The number of aromatic nitrogens is 3. The fourth-order valence-corrected chi connectivity index (χ4v) is 3.37. The molecule has 0 amide bonds. The molecule has 0 radical (unpaired) electrons. The molecule has 0 N–H and O–H groups in total. The molecular weight excluding hydrogens is 358 g/mol. The normalized spacial score (nSPS) is 10.7. The smallest absolute Gasteiger partial charge is 0.250 e. The van der Waals surface area contributed by atoms with Crippen molar-refractivity contribution in [3.05, 3.63) is 94.2 Å². The second kappa shape index (κ2) is 7.29. The molecule has 0 saturated carbocycles. The van der Waals surface area contributed by atoms with E-state index in [2.05, 4.69) is 23.2 Å². The van der Waals surface area contributed by atoms with Gasteiger partial charge >= 0.3 is 0 Å². The van der Waals surface area contributed by atoms with Crippen LogP contribution in [0.25, 0.3) is 27.9 Å². The molecule has 2 aromatic carbocycles. The van der Waals surface area contributed by atoms with Crippen LogP contribution in [-0.2, 0) is 7.05 Å². The van der Waals surface area contributed by atoms with Crippen LogP contribution in [0.2, 0.25) is 0 Å². The van der Waals surface area contributed by atoms with Crippen molar-refractivity contribution in [1.29, 1.82) is 0 Å². The van der Waals surface area contributed by atoms with Crippen LogP contribution < -0.4 is 5.56 Å². The lowest BCUT2D eigenvalue weighted by Crippen LogP contribution is -2.15. The first kappa shape index (κ1) is 18.5. The van der Waals surface area contributed by atoms with Gasteiger partial charge in [0.1, 0.15) is 0 Å². The van der Waals surface area contributed by atoms with Crippen molar-refractivity contribution >= 4 is 0 Å². The molecule has 0 atom stereocenters. The quantitative estimate of drug-likeness (QED) is 0.492. The molecule has 2 heterocycles. The van der Waals surface area contributed by atoms with Crippen molar-refractivity contribution < 1.29 is 0 Å². The lowest BCUT2D eigenvalue weighted by molar-refractivity contribution is 0.863. The van der Waals surface area contributed by atoms with Crippen molar-refractivity contribution in [1.82, 2.24) is 14.3 Å². The standard InChI is InChI=1S/C25H21N3O/c1-5-19-9-8-18(3)24(12-19)28-15-21(14-26-28)23-16-27(4)25(29)13-22(23)20-10-6-17(2)7-11-20/h1,6-16H,2-4H3. The van der Waals surface area contributed by atoms with E-state index in [1.165, 1.54) is 5.56 Å². The SMILES string of the molecule is C#Cc1ccc(C)c(-n2cc(-c3cn(C)c(=O)cc3-c3ccc(C)cc3)cn2)c1. The molecule has 0 unspecified atom stereocenters. The Morgan fingerprint density at radius 1 is 0.931 bits per heavy atom. The second-order valence-corrected chi connectivity index (χ2v) is 7.24. The fourth-order valence-electron chi connectivity index (χ4n) is 3.37. The third kappa shape index (κ3) is 3.51. The zero-order chi connectivity index (χ0) is 20.5. The molecule has 4 heteroatoms. The first-order chi connectivity index (χ1) is 14.0. The lowest BCUT2D eigenvalue weighted by atomic mass is 9.97. The minimum Gasteiger partial charge on any atom is -0.318 e. The van der Waals surface area contributed by atoms with Crippen molar-refractivity contribution in [2.45, 2.75) is 13.8 Å². The van der Waals surface area contributed by atoms with Gasteiger partial charge in [-0.25, -0.2) is 4.68 Å². The molecule has 0 bridgehead atoms. The summed E-state index contributed by atoms with van der Waals surface area (Å²) >= 11 is 0. The molecule has 142 valence electrons. The molecule has 0 spiro atoms. The Morgan fingerprint density at radius 2 is 1.69 bits per heavy atom. The Balaban J connectivity index is 1.87. The van der Waals surface area contributed by atoms with Gasteiger partial charge in [-0.05, 0) is 42.7 Å². The molecule has 29 heavy (non-hydrogen) atoms. The van der Waals surface area contributed by atoms with E-state index in [1.807, 2.05) is 67.5 Å². The first-order valence-corrected chi connectivity index (χ1v) is 9.36. The van der Waals surface area contributed by atoms with Crippen LogP contribution in [0.15, 0.2) is 71.9 Å². The van der Waals surface area contributed by atoms with Gasteiger partial charge in [0.05, 0.1) is 11.9 Å². The van der Waals surface area contributed by atoms with Crippen LogP contribution in [-0.4, -0.2) is 14.3 Å². The van der Waals surface area contributed by atoms with Gasteiger partial charge in [0.25, 0.3) is 5.56 Å². The predicted octanol–water partition coefficient (Wildman–Crippen LogP) is 4.50. The van der Waals surface area contributed by atoms with Crippen molar-refractivity contribution in [3.8, 4) is 40.3 Å². The van der Waals surface area contributed by atoms with Gasteiger partial charge in [-0.3, -0.25) is 4.79 Å². The van der Waals surface area contributed by atoms with Gasteiger partial charge in [-0.2, -0.15) is 5.10 Å². The topological polar surface area (TPSA) is 39.8 Å². The zero-order valence-corrected chi connectivity index (χ0v) is 16.7. The van der Waals surface area contributed by atoms with Crippen LogP contribution in [0.5, 0.6) is 0 Å². The number of aryl methyl sites for hydroxylation is 3. The van der Waals surface area contributed by atoms with Crippen LogP contribution >= 0.6 is 0 Å². The molecule has 4 aromatic rings. The van der Waals surface area contributed by atoms with Gasteiger partial charge in [-0.1, -0.05) is 41.8 Å². The molecule has 0 aliphatic carbocycles. The van der Waals surface area contributed by atoms with Gasteiger partial charge < -0.3 is 4.57 Å². The monoisotopic (exact) mass is 379 g/mol. The predicted molar refractivity (Wildman–Crippen MR) is 117 cm³/mol. The third-order valence-corrected chi connectivity index (χ3v) is 5.11. The van der Waals surface area contributed by atoms with Gasteiger partial charge in [0.2, 0.25) is 0 Å². The molecule has 0 saturated heterocycles. The number of terminal acetylenes is 1. The highest BCUT2D eigenvalue weighted by Crippen LogP contribution is 2.31. The van der Waals surface area contributed by atoms with E-state index in [1.54, 1.807) is 17.7 Å². The Kier molecular flexibility index (Phi) is 4.66. The van der Waals surface area contributed by atoms with E-state index in [-0.39, 0.29) is 5.56 Å². The zero-order valence-electron chi connectivity index (χ0n) is 16.7. The summed E-state index contributed by atoms with van der Waals surface area (Å²) in [4.78, 5) is 12.3. The molecule has 4 nitrogen and oxygen atoms in total. The molecular formula is C25H21N3O. The summed E-state index contributed by atoms with van der Waals surface area (Å²) in [7, 11) is 1.76. The van der Waals surface area contributed by atoms with Gasteiger partial charge in [0, 0.05) is 42.2 Å². The summed E-state index contributed by atoms with van der Waals surface area (Å²) in [6, 6.07) is 15.7. The highest BCUT2D eigenvalue weighted by molar-refractivity contribution is 5.82. The van der Waals surface area contributed by atoms with E-state index in [9.17, 15) is 4.79 Å². The molecule has 0 aliphatic heterocycles. The Bertz CT molecular complexity index is 1300. The molecule has 2 aromatic heterocycles. The summed E-state index contributed by atoms with van der Waals surface area (Å²) in [6.07, 6.45) is 11.2. The maximum atomic E-state index is 12.3. The Hall–Kier alpha value is -3.84. The summed E-state index contributed by atoms with van der Waals surface area (Å²) in [5.41, 5.74) is 7.74. The molecule has 0 aliphatic rings. The van der Waals surface area contributed by atoms with Crippen LogP contribution in [0.1, 0.15) is 16.7 Å². The minimum absolute atomic E-state index is 0.0470. The highest BCUT2D eigenvalue weighted by Gasteiger charge is 2.13. The number of hydrogen-bond donors (Lipinski definition) is 0. The Labute approximate surface area is 170 Å². The van der Waals surface area contributed by atoms with Crippen molar-refractivity contribution in [2.24, 2.45) is 7.05 Å². The van der Waals surface area contributed by atoms with Gasteiger partial charge in [-0.15, -0.1) is 6.42 Å². The van der Waals surface area contributed by atoms with E-state index in [4.69, 9.17) is 6.42 Å². The lowest BCUT2D eigenvalue weighted by Gasteiger charge is -2.11. The second-order valence-electron chi connectivity index (χ2n) is 7.24. The summed E-state index contributed by atoms with van der Waals surface area (Å²) in [6.45, 7) is 4.08. The number of benzene rings is 2. The number of rotatable bonds is 3. The van der Waals surface area contributed by atoms with E-state index < -0.39 is 0 Å². The van der Waals surface area contributed by atoms with E-state index in [0.29, 0.717) is 0 Å². The number of nitrogens with zero attached hydrogens (tertiary/aromatic N) is 3. The van der Waals surface area contributed by atoms with Crippen molar-refractivity contribution in [3.63, 3.8) is 0 Å². The maximum absolute atomic E-state index is 12.3. The number of hydrogen-bond acceptors (Lipinski definition) is 2. The van der Waals surface area contributed by atoms with Crippen LogP contribution in [0.4, 0.5) is 0 Å². The first-order valence-electron chi connectivity index (χ1n) is 9.36. The molecule has 4 rings (SSSR count). The average molecular weight is 379 g/mol. The van der Waals surface area contributed by atoms with Crippen LogP contribution in [0, 0.1) is 26.2 Å². The van der Waals surface area contributed by atoms with Crippen molar-refractivity contribution in [2.75, 3.05) is 0 Å². The summed E-state index contributed by atoms with van der Waals surface area (Å²) in [5.74, 6) is 2.67. The van der Waals surface area contributed by atoms with E-state index in [0.717, 1.165) is 39.1 Å². The summed E-state index contributed by atoms with van der Waals surface area (Å²) in [5, 5.41) is 4.56.